The Morgan fingerprint density at radius 2 is 2.11 bits per heavy atom. The topological polar surface area (TPSA) is 59.5 Å². The van der Waals surface area contributed by atoms with Gasteiger partial charge in [0.05, 0.1) is 30.0 Å². The molecule has 1 fully saturated rings. The highest BCUT2D eigenvalue weighted by Crippen LogP contribution is 2.27. The quantitative estimate of drug-likeness (QED) is 0.885. The summed E-state index contributed by atoms with van der Waals surface area (Å²) >= 11 is 3.53. The van der Waals surface area contributed by atoms with Crippen LogP contribution in [-0.4, -0.2) is 49.9 Å². The monoisotopic (exact) mass is 330 g/mol. The molecule has 2 heterocycles. The third kappa shape index (κ3) is 3.55. The van der Waals surface area contributed by atoms with Gasteiger partial charge in [0.25, 0.3) is 0 Å². The van der Waals surface area contributed by atoms with E-state index in [4.69, 9.17) is 9.47 Å². The Hall–Kier alpha value is -0.920. The molecule has 1 N–H and O–H groups in total. The highest BCUT2D eigenvalue weighted by atomic mass is 79.9. The van der Waals surface area contributed by atoms with Crippen molar-refractivity contribution in [3.8, 4) is 0 Å². The number of aromatic nitrogens is 2. The van der Waals surface area contributed by atoms with Gasteiger partial charge in [-0.25, -0.2) is 4.98 Å². The maximum absolute atomic E-state index is 5.35. The summed E-state index contributed by atoms with van der Waals surface area (Å²) in [5.41, 5.74) is 0.856. The van der Waals surface area contributed by atoms with E-state index in [-0.39, 0.29) is 0 Å². The molecule has 0 amide bonds. The number of nitrogens with zero attached hydrogens (tertiary/aromatic N) is 3. The van der Waals surface area contributed by atoms with Gasteiger partial charge in [-0.05, 0) is 22.9 Å². The van der Waals surface area contributed by atoms with Gasteiger partial charge < -0.3 is 19.7 Å². The van der Waals surface area contributed by atoms with E-state index in [0.717, 1.165) is 54.8 Å². The molecule has 7 heteroatoms. The van der Waals surface area contributed by atoms with E-state index >= 15 is 0 Å². The van der Waals surface area contributed by atoms with Crippen LogP contribution in [0, 0.1) is 0 Å². The fraction of sp³-hybridized carbons (Fsp3) is 0.667. The second-order valence-electron chi connectivity index (χ2n) is 4.20. The summed E-state index contributed by atoms with van der Waals surface area (Å²) in [4.78, 5) is 11.3. The molecule has 1 saturated heterocycles. The van der Waals surface area contributed by atoms with Crippen molar-refractivity contribution >= 4 is 27.7 Å². The molecule has 0 radical (unpaired) electrons. The fourth-order valence-corrected chi connectivity index (χ4v) is 2.33. The van der Waals surface area contributed by atoms with E-state index in [2.05, 4.69) is 36.1 Å². The Morgan fingerprint density at radius 1 is 1.37 bits per heavy atom. The van der Waals surface area contributed by atoms with Crippen LogP contribution in [0.5, 0.6) is 0 Å². The van der Waals surface area contributed by atoms with Crippen molar-refractivity contribution in [1.82, 2.24) is 9.97 Å². The SMILES string of the molecule is CCNc1nc(N2CCOCC2)nc(COC)c1Br. The van der Waals surface area contributed by atoms with Crippen LogP contribution in [0.2, 0.25) is 0 Å². The second-order valence-corrected chi connectivity index (χ2v) is 4.99. The van der Waals surface area contributed by atoms with Crippen LogP contribution >= 0.6 is 15.9 Å². The molecule has 0 bridgehead atoms. The van der Waals surface area contributed by atoms with E-state index < -0.39 is 0 Å². The third-order valence-corrected chi connectivity index (χ3v) is 3.66. The van der Waals surface area contributed by atoms with E-state index in [1.54, 1.807) is 7.11 Å². The molecule has 1 aliphatic heterocycles. The minimum absolute atomic E-state index is 0.457. The van der Waals surface area contributed by atoms with Gasteiger partial charge in [-0.15, -0.1) is 0 Å². The number of nitrogens with one attached hydrogen (secondary N) is 1. The van der Waals surface area contributed by atoms with Crippen molar-refractivity contribution in [2.24, 2.45) is 0 Å². The first-order chi connectivity index (χ1) is 9.26. The maximum atomic E-state index is 5.35. The molecule has 1 aliphatic rings. The van der Waals surface area contributed by atoms with Crippen LogP contribution in [0.3, 0.4) is 0 Å². The van der Waals surface area contributed by atoms with Crippen LogP contribution in [0.25, 0.3) is 0 Å². The Bertz CT molecular complexity index is 397. The number of morpholine rings is 1. The van der Waals surface area contributed by atoms with Gasteiger partial charge >= 0.3 is 0 Å². The molecule has 0 atom stereocenters. The van der Waals surface area contributed by atoms with Crippen LogP contribution in [-0.2, 0) is 16.1 Å². The Labute approximate surface area is 121 Å². The third-order valence-electron chi connectivity index (χ3n) is 2.83. The molecule has 0 aliphatic carbocycles. The van der Waals surface area contributed by atoms with Crippen molar-refractivity contribution < 1.29 is 9.47 Å². The molecule has 0 unspecified atom stereocenters. The van der Waals surface area contributed by atoms with Gasteiger partial charge in [-0.1, -0.05) is 0 Å². The first kappa shape index (κ1) is 14.5. The molecule has 1 aromatic rings. The second kappa shape index (κ2) is 7.02. The van der Waals surface area contributed by atoms with E-state index in [9.17, 15) is 0 Å². The average Bonchev–Trinajstić information content (AvgIpc) is 2.44. The van der Waals surface area contributed by atoms with Gasteiger partial charge in [0.1, 0.15) is 5.82 Å². The fourth-order valence-electron chi connectivity index (χ4n) is 1.90. The van der Waals surface area contributed by atoms with Crippen LogP contribution in [0.15, 0.2) is 4.47 Å². The zero-order valence-electron chi connectivity index (χ0n) is 11.3. The lowest BCUT2D eigenvalue weighted by atomic mass is 10.4. The zero-order valence-corrected chi connectivity index (χ0v) is 12.9. The number of methoxy groups -OCH3 is 1. The molecule has 6 nitrogen and oxygen atoms in total. The summed E-state index contributed by atoms with van der Waals surface area (Å²) in [5.74, 6) is 1.54. The predicted molar refractivity (Wildman–Crippen MR) is 77.6 cm³/mol. The largest absolute Gasteiger partial charge is 0.378 e. The van der Waals surface area contributed by atoms with Crippen LogP contribution in [0.4, 0.5) is 11.8 Å². The van der Waals surface area contributed by atoms with E-state index in [0.29, 0.717) is 6.61 Å². The molecule has 19 heavy (non-hydrogen) atoms. The van der Waals surface area contributed by atoms with Gasteiger partial charge in [0, 0.05) is 26.7 Å². The van der Waals surface area contributed by atoms with Crippen molar-refractivity contribution in [3.63, 3.8) is 0 Å². The lowest BCUT2D eigenvalue weighted by molar-refractivity contribution is 0.122. The lowest BCUT2D eigenvalue weighted by Crippen LogP contribution is -2.37. The minimum atomic E-state index is 0.457. The molecular formula is C12H19BrN4O2. The van der Waals surface area contributed by atoms with Crippen molar-refractivity contribution in [3.05, 3.63) is 10.2 Å². The number of halogens is 1. The van der Waals surface area contributed by atoms with E-state index in [1.807, 2.05) is 6.92 Å². The molecule has 0 aromatic carbocycles. The van der Waals surface area contributed by atoms with Crippen LogP contribution in [0.1, 0.15) is 12.6 Å². The highest BCUT2D eigenvalue weighted by molar-refractivity contribution is 9.10. The molecule has 1 aromatic heterocycles. The van der Waals surface area contributed by atoms with E-state index in [1.165, 1.54) is 0 Å². The summed E-state index contributed by atoms with van der Waals surface area (Å²) < 4.78 is 11.4. The number of anilines is 2. The highest BCUT2D eigenvalue weighted by Gasteiger charge is 2.18. The lowest BCUT2D eigenvalue weighted by Gasteiger charge is -2.27. The van der Waals surface area contributed by atoms with Crippen LogP contribution < -0.4 is 10.2 Å². The smallest absolute Gasteiger partial charge is 0.227 e. The van der Waals surface area contributed by atoms with Gasteiger partial charge in [-0.3, -0.25) is 0 Å². The standard InChI is InChI=1S/C12H19BrN4O2/c1-3-14-11-10(13)9(8-18-2)15-12(16-11)17-4-6-19-7-5-17/h3-8H2,1-2H3,(H,14,15,16). The zero-order chi connectivity index (χ0) is 13.7. The number of rotatable bonds is 5. The predicted octanol–water partition coefficient (Wildman–Crippen LogP) is 1.65. The van der Waals surface area contributed by atoms with Crippen molar-refractivity contribution in [2.75, 3.05) is 50.2 Å². The summed E-state index contributed by atoms with van der Waals surface area (Å²) in [6.07, 6.45) is 0. The summed E-state index contributed by atoms with van der Waals surface area (Å²) in [6.45, 7) is 6.38. The summed E-state index contributed by atoms with van der Waals surface area (Å²) in [6, 6.07) is 0. The first-order valence-electron chi connectivity index (χ1n) is 6.38. The number of hydrogen-bond donors (Lipinski definition) is 1. The molecule has 0 saturated carbocycles. The molecule has 106 valence electrons. The first-order valence-corrected chi connectivity index (χ1v) is 7.17. The Kier molecular flexibility index (Phi) is 5.35. The molecule has 0 spiro atoms. The molecular weight excluding hydrogens is 312 g/mol. The Morgan fingerprint density at radius 3 is 2.74 bits per heavy atom. The normalized spacial score (nSPS) is 15.6. The minimum Gasteiger partial charge on any atom is -0.378 e. The molecule has 2 rings (SSSR count). The van der Waals surface area contributed by atoms with Crippen molar-refractivity contribution in [1.29, 1.82) is 0 Å². The number of hydrogen-bond acceptors (Lipinski definition) is 6. The summed E-state index contributed by atoms with van der Waals surface area (Å²) in [5, 5.41) is 3.24. The Balaban J connectivity index is 2.30. The number of ether oxygens (including phenoxy) is 2. The summed E-state index contributed by atoms with van der Waals surface area (Å²) in [7, 11) is 1.66. The maximum Gasteiger partial charge on any atom is 0.227 e. The van der Waals surface area contributed by atoms with Crippen molar-refractivity contribution in [2.45, 2.75) is 13.5 Å². The van der Waals surface area contributed by atoms with Gasteiger partial charge in [0.2, 0.25) is 5.95 Å². The van der Waals surface area contributed by atoms with Gasteiger partial charge in [0.15, 0.2) is 0 Å². The average molecular weight is 331 g/mol. The van der Waals surface area contributed by atoms with Gasteiger partial charge in [-0.2, -0.15) is 4.98 Å².